The highest BCUT2D eigenvalue weighted by Crippen LogP contribution is 2.26. The number of rotatable bonds is 2. The van der Waals surface area contributed by atoms with Crippen LogP contribution in [0.5, 0.6) is 0 Å². The Morgan fingerprint density at radius 1 is 1.59 bits per heavy atom. The SMILES string of the molecule is CC(C)c1ccsc1C(=O)N1CCN[C@@H](C)C1. The first-order valence-electron chi connectivity index (χ1n) is 6.19. The molecule has 1 amide bonds. The zero-order valence-electron chi connectivity index (χ0n) is 10.7. The monoisotopic (exact) mass is 252 g/mol. The molecule has 2 heterocycles. The molecule has 0 radical (unpaired) electrons. The van der Waals surface area contributed by atoms with Crippen LogP contribution in [0, 0.1) is 0 Å². The Hall–Kier alpha value is -0.870. The first-order valence-corrected chi connectivity index (χ1v) is 7.07. The van der Waals surface area contributed by atoms with Crippen molar-refractivity contribution in [1.82, 2.24) is 10.2 Å². The van der Waals surface area contributed by atoms with E-state index in [1.165, 1.54) is 5.56 Å². The van der Waals surface area contributed by atoms with Gasteiger partial charge in [0.1, 0.15) is 0 Å². The van der Waals surface area contributed by atoms with Gasteiger partial charge in [0.15, 0.2) is 0 Å². The number of amides is 1. The second kappa shape index (κ2) is 5.19. The van der Waals surface area contributed by atoms with E-state index in [1.54, 1.807) is 11.3 Å². The Labute approximate surface area is 107 Å². The molecule has 94 valence electrons. The predicted octanol–water partition coefficient (Wildman–Crippen LogP) is 2.31. The van der Waals surface area contributed by atoms with Gasteiger partial charge in [0.2, 0.25) is 0 Å². The number of nitrogens with one attached hydrogen (secondary N) is 1. The summed E-state index contributed by atoms with van der Waals surface area (Å²) in [4.78, 5) is 15.3. The summed E-state index contributed by atoms with van der Waals surface area (Å²) in [6, 6.07) is 2.48. The maximum atomic E-state index is 12.4. The van der Waals surface area contributed by atoms with E-state index < -0.39 is 0 Å². The van der Waals surface area contributed by atoms with E-state index in [2.05, 4.69) is 32.2 Å². The van der Waals surface area contributed by atoms with Gasteiger partial charge in [-0.05, 0) is 29.9 Å². The first kappa shape index (κ1) is 12.6. The zero-order valence-corrected chi connectivity index (χ0v) is 11.5. The highest BCUT2D eigenvalue weighted by molar-refractivity contribution is 7.12. The molecule has 1 fully saturated rings. The molecule has 1 aliphatic rings. The number of hydrogen-bond donors (Lipinski definition) is 1. The molecule has 0 aromatic carbocycles. The van der Waals surface area contributed by atoms with Gasteiger partial charge in [-0.1, -0.05) is 13.8 Å². The van der Waals surface area contributed by atoms with Crippen LogP contribution in [-0.2, 0) is 0 Å². The molecule has 0 spiro atoms. The Morgan fingerprint density at radius 3 is 3.00 bits per heavy atom. The summed E-state index contributed by atoms with van der Waals surface area (Å²) in [6.45, 7) is 8.93. The fraction of sp³-hybridized carbons (Fsp3) is 0.615. The molecule has 17 heavy (non-hydrogen) atoms. The van der Waals surface area contributed by atoms with Gasteiger partial charge in [0.05, 0.1) is 4.88 Å². The second-order valence-electron chi connectivity index (χ2n) is 4.97. The van der Waals surface area contributed by atoms with Crippen LogP contribution in [0.25, 0.3) is 0 Å². The summed E-state index contributed by atoms with van der Waals surface area (Å²) in [6.07, 6.45) is 0. The van der Waals surface area contributed by atoms with E-state index in [-0.39, 0.29) is 5.91 Å². The molecule has 1 saturated heterocycles. The summed E-state index contributed by atoms with van der Waals surface area (Å²) in [5.74, 6) is 0.623. The smallest absolute Gasteiger partial charge is 0.264 e. The molecule has 4 heteroatoms. The van der Waals surface area contributed by atoms with Crippen LogP contribution >= 0.6 is 11.3 Å². The third-order valence-electron chi connectivity index (χ3n) is 3.17. The number of piperazine rings is 1. The number of thiophene rings is 1. The lowest BCUT2D eigenvalue weighted by Crippen LogP contribution is -2.51. The zero-order chi connectivity index (χ0) is 12.4. The number of carbonyl (C=O) groups is 1. The minimum absolute atomic E-state index is 0.206. The summed E-state index contributed by atoms with van der Waals surface area (Å²) < 4.78 is 0. The summed E-state index contributed by atoms with van der Waals surface area (Å²) in [5.41, 5.74) is 1.19. The van der Waals surface area contributed by atoms with Gasteiger partial charge in [-0.2, -0.15) is 0 Å². The van der Waals surface area contributed by atoms with Gasteiger partial charge in [-0.15, -0.1) is 11.3 Å². The Bertz CT molecular complexity index is 400. The third kappa shape index (κ3) is 2.69. The molecule has 0 aliphatic carbocycles. The van der Waals surface area contributed by atoms with Gasteiger partial charge >= 0.3 is 0 Å². The predicted molar refractivity (Wildman–Crippen MR) is 71.8 cm³/mol. The molecule has 2 rings (SSSR count). The van der Waals surface area contributed by atoms with Crippen LogP contribution < -0.4 is 5.32 Å². The van der Waals surface area contributed by atoms with Crippen molar-refractivity contribution < 1.29 is 4.79 Å². The van der Waals surface area contributed by atoms with Gasteiger partial charge in [-0.25, -0.2) is 0 Å². The summed E-state index contributed by atoms with van der Waals surface area (Å²) in [7, 11) is 0. The minimum Gasteiger partial charge on any atom is -0.335 e. The summed E-state index contributed by atoms with van der Waals surface area (Å²) >= 11 is 1.57. The molecule has 0 unspecified atom stereocenters. The highest BCUT2D eigenvalue weighted by Gasteiger charge is 2.24. The molecule has 0 bridgehead atoms. The van der Waals surface area contributed by atoms with Crippen LogP contribution in [0.2, 0.25) is 0 Å². The number of hydrogen-bond acceptors (Lipinski definition) is 3. The van der Waals surface area contributed by atoms with Crippen molar-refractivity contribution in [2.24, 2.45) is 0 Å². The van der Waals surface area contributed by atoms with Crippen molar-refractivity contribution in [3.05, 3.63) is 21.9 Å². The lowest BCUT2D eigenvalue weighted by molar-refractivity contribution is 0.0712. The normalized spacial score (nSPS) is 20.9. The van der Waals surface area contributed by atoms with Gasteiger partial charge < -0.3 is 10.2 Å². The van der Waals surface area contributed by atoms with Crippen molar-refractivity contribution >= 4 is 17.2 Å². The van der Waals surface area contributed by atoms with Crippen LogP contribution in [0.4, 0.5) is 0 Å². The maximum absolute atomic E-state index is 12.4. The molecule has 1 N–H and O–H groups in total. The lowest BCUT2D eigenvalue weighted by Gasteiger charge is -2.32. The van der Waals surface area contributed by atoms with Crippen LogP contribution in [0.3, 0.4) is 0 Å². The van der Waals surface area contributed by atoms with E-state index in [0.29, 0.717) is 12.0 Å². The standard InChI is InChI=1S/C13H20N2OS/c1-9(2)11-4-7-17-12(11)13(16)15-6-5-14-10(3)8-15/h4,7,9-10,14H,5-6,8H2,1-3H3/t10-/m0/s1. The van der Waals surface area contributed by atoms with Crippen molar-refractivity contribution in [2.45, 2.75) is 32.7 Å². The van der Waals surface area contributed by atoms with E-state index in [1.807, 2.05) is 10.3 Å². The van der Waals surface area contributed by atoms with Crippen molar-refractivity contribution in [1.29, 1.82) is 0 Å². The average Bonchev–Trinajstić information content (AvgIpc) is 2.77. The molecule has 1 aromatic heterocycles. The highest BCUT2D eigenvalue weighted by atomic mass is 32.1. The molecule has 1 atom stereocenters. The third-order valence-corrected chi connectivity index (χ3v) is 4.09. The summed E-state index contributed by atoms with van der Waals surface area (Å²) in [5, 5.41) is 5.38. The largest absolute Gasteiger partial charge is 0.335 e. The maximum Gasteiger partial charge on any atom is 0.264 e. The number of carbonyl (C=O) groups excluding carboxylic acids is 1. The fourth-order valence-corrected chi connectivity index (χ4v) is 3.23. The Kier molecular flexibility index (Phi) is 3.84. The fourth-order valence-electron chi connectivity index (χ4n) is 2.21. The van der Waals surface area contributed by atoms with Crippen molar-refractivity contribution in [3.8, 4) is 0 Å². The van der Waals surface area contributed by atoms with E-state index >= 15 is 0 Å². The van der Waals surface area contributed by atoms with Crippen LogP contribution in [0.15, 0.2) is 11.4 Å². The van der Waals surface area contributed by atoms with Gasteiger partial charge in [0.25, 0.3) is 5.91 Å². The van der Waals surface area contributed by atoms with Gasteiger partial charge in [-0.3, -0.25) is 4.79 Å². The van der Waals surface area contributed by atoms with Gasteiger partial charge in [0, 0.05) is 25.7 Å². The average molecular weight is 252 g/mol. The topological polar surface area (TPSA) is 32.3 Å². The van der Waals surface area contributed by atoms with E-state index in [0.717, 1.165) is 24.5 Å². The molecule has 1 aromatic rings. The van der Waals surface area contributed by atoms with E-state index in [4.69, 9.17) is 0 Å². The van der Waals surface area contributed by atoms with Crippen molar-refractivity contribution in [3.63, 3.8) is 0 Å². The second-order valence-corrected chi connectivity index (χ2v) is 5.88. The number of nitrogens with zero attached hydrogens (tertiary/aromatic N) is 1. The molecular formula is C13H20N2OS. The molecule has 3 nitrogen and oxygen atoms in total. The van der Waals surface area contributed by atoms with Crippen LogP contribution in [0.1, 0.15) is 41.9 Å². The lowest BCUT2D eigenvalue weighted by atomic mass is 10.0. The van der Waals surface area contributed by atoms with Crippen LogP contribution in [-0.4, -0.2) is 36.5 Å². The molecule has 1 aliphatic heterocycles. The van der Waals surface area contributed by atoms with Crippen molar-refractivity contribution in [2.75, 3.05) is 19.6 Å². The Morgan fingerprint density at radius 2 is 2.35 bits per heavy atom. The quantitative estimate of drug-likeness (QED) is 0.876. The Balaban J connectivity index is 2.16. The molecular weight excluding hydrogens is 232 g/mol. The molecule has 0 saturated carbocycles. The minimum atomic E-state index is 0.206. The van der Waals surface area contributed by atoms with E-state index in [9.17, 15) is 4.79 Å². The first-order chi connectivity index (χ1) is 8.09.